The van der Waals surface area contributed by atoms with E-state index >= 15 is 0 Å². The maximum atomic E-state index is 6.01. The van der Waals surface area contributed by atoms with Gasteiger partial charge in [-0.15, -0.1) is 0 Å². The fourth-order valence-corrected chi connectivity index (χ4v) is 2.24. The average Bonchev–Trinajstić information content (AvgIpc) is 2.42. The highest BCUT2D eigenvalue weighted by Gasteiger charge is 2.10. The van der Waals surface area contributed by atoms with Gasteiger partial charge in [0.2, 0.25) is 0 Å². The minimum Gasteiger partial charge on any atom is -0.496 e. The van der Waals surface area contributed by atoms with Crippen molar-refractivity contribution in [3.8, 4) is 11.5 Å². The van der Waals surface area contributed by atoms with Crippen molar-refractivity contribution in [2.24, 2.45) is 5.92 Å². The van der Waals surface area contributed by atoms with Crippen LogP contribution in [-0.4, -0.2) is 13.7 Å². The predicted octanol–water partition coefficient (Wildman–Crippen LogP) is 4.91. The molecule has 0 aliphatic carbocycles. The molecule has 2 heteroatoms. The third kappa shape index (κ3) is 4.77. The van der Waals surface area contributed by atoms with Gasteiger partial charge in [-0.3, -0.25) is 0 Å². The molecular weight excluding hydrogens is 236 g/mol. The van der Waals surface area contributed by atoms with Crippen LogP contribution >= 0.6 is 0 Å². The van der Waals surface area contributed by atoms with Crippen LogP contribution in [0.2, 0.25) is 0 Å². The zero-order valence-electron chi connectivity index (χ0n) is 13.1. The summed E-state index contributed by atoms with van der Waals surface area (Å²) in [5.41, 5.74) is 2.28. The molecule has 1 atom stereocenters. The van der Waals surface area contributed by atoms with Crippen LogP contribution in [0.4, 0.5) is 0 Å². The lowest BCUT2D eigenvalue weighted by Crippen LogP contribution is -2.12. The van der Waals surface area contributed by atoms with Crippen molar-refractivity contribution in [1.82, 2.24) is 0 Å². The lowest BCUT2D eigenvalue weighted by molar-refractivity contribution is 0.231. The molecule has 0 aliphatic rings. The Kier molecular flexibility index (Phi) is 6.75. The van der Waals surface area contributed by atoms with Crippen LogP contribution in [0.3, 0.4) is 0 Å². The fourth-order valence-electron chi connectivity index (χ4n) is 2.24. The van der Waals surface area contributed by atoms with E-state index < -0.39 is 0 Å². The Balaban J connectivity index is 2.64. The van der Waals surface area contributed by atoms with Gasteiger partial charge in [0, 0.05) is 0 Å². The zero-order chi connectivity index (χ0) is 14.3. The molecule has 0 spiro atoms. The van der Waals surface area contributed by atoms with Crippen molar-refractivity contribution in [1.29, 1.82) is 0 Å². The first-order valence-corrected chi connectivity index (χ1v) is 7.40. The van der Waals surface area contributed by atoms with Gasteiger partial charge in [0.15, 0.2) is 0 Å². The van der Waals surface area contributed by atoms with E-state index in [-0.39, 0.29) is 0 Å². The molecule has 0 N–H and O–H groups in total. The minimum atomic E-state index is 0.668. The Hall–Kier alpha value is -1.18. The van der Waals surface area contributed by atoms with Gasteiger partial charge in [0.25, 0.3) is 0 Å². The van der Waals surface area contributed by atoms with Crippen LogP contribution in [0, 0.1) is 19.8 Å². The molecule has 1 rings (SSSR count). The number of unbranched alkanes of at least 4 members (excludes halogenated alkanes) is 1. The Bertz CT molecular complexity index is 385. The Morgan fingerprint density at radius 3 is 2.26 bits per heavy atom. The van der Waals surface area contributed by atoms with Gasteiger partial charge in [0.05, 0.1) is 13.7 Å². The van der Waals surface area contributed by atoms with Crippen molar-refractivity contribution in [2.45, 2.75) is 53.4 Å². The summed E-state index contributed by atoms with van der Waals surface area (Å²) in [5.74, 6) is 2.60. The van der Waals surface area contributed by atoms with Crippen LogP contribution in [0.5, 0.6) is 11.5 Å². The van der Waals surface area contributed by atoms with Crippen LogP contribution in [0.1, 0.15) is 50.7 Å². The molecular formula is C17H28O2. The van der Waals surface area contributed by atoms with Gasteiger partial charge in [-0.2, -0.15) is 0 Å². The summed E-state index contributed by atoms with van der Waals surface area (Å²) in [6, 6.07) is 4.14. The van der Waals surface area contributed by atoms with Crippen molar-refractivity contribution in [3.05, 3.63) is 23.3 Å². The van der Waals surface area contributed by atoms with Crippen LogP contribution in [0.25, 0.3) is 0 Å². The molecule has 108 valence electrons. The van der Waals surface area contributed by atoms with Crippen molar-refractivity contribution in [3.63, 3.8) is 0 Å². The average molecular weight is 264 g/mol. The monoisotopic (exact) mass is 264 g/mol. The summed E-state index contributed by atoms with van der Waals surface area (Å²) in [6.45, 7) is 9.44. The molecule has 19 heavy (non-hydrogen) atoms. The first kappa shape index (κ1) is 15.9. The van der Waals surface area contributed by atoms with Crippen molar-refractivity contribution >= 4 is 0 Å². The van der Waals surface area contributed by atoms with Gasteiger partial charge in [0.1, 0.15) is 11.5 Å². The number of rotatable bonds is 8. The molecule has 0 saturated heterocycles. The molecule has 0 aliphatic heterocycles. The summed E-state index contributed by atoms with van der Waals surface area (Å²) in [7, 11) is 1.71. The van der Waals surface area contributed by atoms with E-state index in [9.17, 15) is 0 Å². The number of hydrogen-bond donors (Lipinski definition) is 0. The molecule has 1 aromatic carbocycles. The molecule has 1 unspecified atom stereocenters. The molecule has 2 nitrogen and oxygen atoms in total. The number of methoxy groups -OCH3 is 1. The summed E-state index contributed by atoms with van der Waals surface area (Å²) >= 11 is 0. The predicted molar refractivity (Wildman–Crippen MR) is 81.3 cm³/mol. The second kappa shape index (κ2) is 8.08. The first-order valence-electron chi connectivity index (χ1n) is 7.40. The number of ether oxygens (including phenoxy) is 2. The van der Waals surface area contributed by atoms with E-state index in [2.05, 4.69) is 39.8 Å². The summed E-state index contributed by atoms with van der Waals surface area (Å²) < 4.78 is 11.3. The molecule has 0 aromatic heterocycles. The minimum absolute atomic E-state index is 0.668. The topological polar surface area (TPSA) is 18.5 Å². The van der Waals surface area contributed by atoms with Gasteiger partial charge >= 0.3 is 0 Å². The smallest absolute Gasteiger partial charge is 0.122 e. The van der Waals surface area contributed by atoms with E-state index in [1.807, 2.05) is 0 Å². The Labute approximate surface area is 118 Å². The van der Waals surface area contributed by atoms with E-state index in [0.29, 0.717) is 5.92 Å². The first-order chi connectivity index (χ1) is 9.12. The fraction of sp³-hybridized carbons (Fsp3) is 0.647. The Morgan fingerprint density at radius 1 is 1.05 bits per heavy atom. The van der Waals surface area contributed by atoms with E-state index in [1.54, 1.807) is 7.11 Å². The standard InChI is InChI=1S/C17H28O2/c1-6-8-9-15(7-2)12-19-17-11-13(3)16(18-5)10-14(17)4/h10-11,15H,6-9,12H2,1-5H3. The highest BCUT2D eigenvalue weighted by Crippen LogP contribution is 2.28. The highest BCUT2D eigenvalue weighted by molar-refractivity contribution is 5.45. The number of hydrogen-bond acceptors (Lipinski definition) is 2. The highest BCUT2D eigenvalue weighted by atomic mass is 16.5. The molecule has 1 aromatic rings. The number of aryl methyl sites for hydroxylation is 2. The van der Waals surface area contributed by atoms with Crippen LogP contribution in [0.15, 0.2) is 12.1 Å². The lowest BCUT2D eigenvalue weighted by Gasteiger charge is -2.18. The molecule has 0 heterocycles. The molecule has 0 saturated carbocycles. The van der Waals surface area contributed by atoms with E-state index in [4.69, 9.17) is 9.47 Å². The summed E-state index contributed by atoms with van der Waals surface area (Å²) in [6.07, 6.45) is 5.01. The number of benzene rings is 1. The third-order valence-electron chi connectivity index (χ3n) is 3.71. The quantitative estimate of drug-likeness (QED) is 0.664. The molecule has 0 bridgehead atoms. The van der Waals surface area contributed by atoms with Crippen LogP contribution < -0.4 is 9.47 Å². The van der Waals surface area contributed by atoms with Gasteiger partial charge in [-0.25, -0.2) is 0 Å². The summed E-state index contributed by atoms with van der Waals surface area (Å²) in [4.78, 5) is 0. The van der Waals surface area contributed by atoms with Crippen LogP contribution in [-0.2, 0) is 0 Å². The van der Waals surface area contributed by atoms with Gasteiger partial charge in [-0.05, 0) is 49.4 Å². The second-order valence-electron chi connectivity index (χ2n) is 5.31. The molecule has 0 amide bonds. The van der Waals surface area contributed by atoms with Crippen molar-refractivity contribution in [2.75, 3.05) is 13.7 Å². The van der Waals surface area contributed by atoms with Gasteiger partial charge in [-0.1, -0.05) is 33.1 Å². The largest absolute Gasteiger partial charge is 0.496 e. The normalized spacial score (nSPS) is 12.3. The van der Waals surface area contributed by atoms with E-state index in [1.165, 1.54) is 25.7 Å². The Morgan fingerprint density at radius 2 is 1.68 bits per heavy atom. The van der Waals surface area contributed by atoms with Gasteiger partial charge < -0.3 is 9.47 Å². The zero-order valence-corrected chi connectivity index (χ0v) is 13.1. The maximum Gasteiger partial charge on any atom is 0.122 e. The maximum absolute atomic E-state index is 6.01. The van der Waals surface area contributed by atoms with E-state index in [0.717, 1.165) is 29.2 Å². The summed E-state index contributed by atoms with van der Waals surface area (Å²) in [5, 5.41) is 0. The third-order valence-corrected chi connectivity index (χ3v) is 3.71. The van der Waals surface area contributed by atoms with Crippen molar-refractivity contribution < 1.29 is 9.47 Å². The lowest BCUT2D eigenvalue weighted by atomic mass is 10.0. The molecule has 0 radical (unpaired) electrons. The SMILES string of the molecule is CCCCC(CC)COc1cc(C)c(OC)cc1C. The second-order valence-corrected chi connectivity index (χ2v) is 5.31. The molecule has 0 fully saturated rings.